The van der Waals surface area contributed by atoms with E-state index < -0.39 is 15.6 Å². The van der Waals surface area contributed by atoms with E-state index in [-0.39, 0.29) is 17.5 Å². The van der Waals surface area contributed by atoms with Gasteiger partial charge in [0.1, 0.15) is 0 Å². The summed E-state index contributed by atoms with van der Waals surface area (Å²) in [5.74, 6) is -0.379. The summed E-state index contributed by atoms with van der Waals surface area (Å²) in [4.78, 5) is 15.7. The van der Waals surface area contributed by atoms with Crippen LogP contribution in [0.25, 0.3) is 0 Å². The maximum Gasteiger partial charge on any atom is 0.252 e. The molecule has 1 aromatic rings. The minimum atomic E-state index is -3.34. The quantitative estimate of drug-likeness (QED) is 0.842. The molecule has 0 spiro atoms. The molecule has 1 rings (SSSR count). The highest BCUT2D eigenvalue weighted by Crippen LogP contribution is 2.13. The summed E-state index contributed by atoms with van der Waals surface area (Å²) in [5, 5.41) is 2.87. The van der Waals surface area contributed by atoms with Crippen LogP contribution in [0.15, 0.2) is 18.5 Å². The van der Waals surface area contributed by atoms with E-state index in [1.165, 1.54) is 18.5 Å². The van der Waals surface area contributed by atoms with Crippen molar-refractivity contribution in [3.05, 3.63) is 29.0 Å². The monoisotopic (exact) mass is 305 g/mol. The molecule has 0 radical (unpaired) electrons. The van der Waals surface area contributed by atoms with Gasteiger partial charge in [0.15, 0.2) is 0 Å². The summed E-state index contributed by atoms with van der Waals surface area (Å²) in [6.45, 7) is 3.47. The molecule has 0 saturated carbocycles. The average Bonchev–Trinajstić information content (AvgIpc) is 2.23. The molecule has 1 heterocycles. The van der Waals surface area contributed by atoms with Crippen LogP contribution < -0.4 is 10.0 Å². The summed E-state index contributed by atoms with van der Waals surface area (Å²) < 4.78 is 24.8. The maximum atomic E-state index is 11.9. The molecule has 6 nitrogen and oxygen atoms in total. The predicted octanol–water partition coefficient (Wildman–Crippen LogP) is 0.793. The smallest absolute Gasteiger partial charge is 0.252 e. The Hall–Kier alpha value is -1.18. The van der Waals surface area contributed by atoms with Gasteiger partial charge in [-0.15, -0.1) is 0 Å². The molecule has 0 bridgehead atoms. The number of halogens is 1. The van der Waals surface area contributed by atoms with Crippen LogP contribution >= 0.6 is 11.6 Å². The third-order valence-corrected chi connectivity index (χ3v) is 3.39. The van der Waals surface area contributed by atoms with Crippen molar-refractivity contribution in [3.63, 3.8) is 0 Å². The van der Waals surface area contributed by atoms with Crippen LogP contribution in [0.4, 0.5) is 0 Å². The van der Waals surface area contributed by atoms with Crippen molar-refractivity contribution >= 4 is 27.5 Å². The Balaban J connectivity index is 2.67. The Kier molecular flexibility index (Phi) is 4.89. The van der Waals surface area contributed by atoms with Crippen LogP contribution in [0.2, 0.25) is 5.02 Å². The third-order valence-electron chi connectivity index (χ3n) is 2.17. The molecule has 0 aliphatic rings. The fraction of sp³-hybridized carbons (Fsp3) is 0.455. The van der Waals surface area contributed by atoms with Crippen molar-refractivity contribution in [2.45, 2.75) is 19.4 Å². The zero-order valence-electron chi connectivity index (χ0n) is 10.9. The number of amides is 1. The lowest BCUT2D eigenvalue weighted by molar-refractivity contribution is 0.0944. The lowest BCUT2D eigenvalue weighted by Crippen LogP contribution is -2.51. The number of rotatable bonds is 5. The van der Waals surface area contributed by atoms with Gasteiger partial charge in [-0.3, -0.25) is 9.78 Å². The lowest BCUT2D eigenvalue weighted by atomic mass is 10.1. The van der Waals surface area contributed by atoms with Gasteiger partial charge in [-0.1, -0.05) is 11.6 Å². The van der Waals surface area contributed by atoms with E-state index in [0.717, 1.165) is 6.26 Å². The molecule has 0 fully saturated rings. The molecular weight excluding hydrogens is 290 g/mol. The fourth-order valence-electron chi connectivity index (χ4n) is 1.49. The van der Waals surface area contributed by atoms with Crippen molar-refractivity contribution < 1.29 is 13.2 Å². The van der Waals surface area contributed by atoms with Gasteiger partial charge < -0.3 is 5.32 Å². The first-order valence-corrected chi connectivity index (χ1v) is 7.74. The number of aromatic nitrogens is 1. The highest BCUT2D eigenvalue weighted by atomic mass is 35.5. The number of pyridine rings is 1. The maximum absolute atomic E-state index is 11.9. The Morgan fingerprint density at radius 1 is 1.47 bits per heavy atom. The highest BCUT2D eigenvalue weighted by molar-refractivity contribution is 7.88. The highest BCUT2D eigenvalue weighted by Gasteiger charge is 2.23. The van der Waals surface area contributed by atoms with Gasteiger partial charge in [-0.05, 0) is 19.9 Å². The summed E-state index contributed by atoms with van der Waals surface area (Å²) in [6, 6.07) is 1.49. The number of nitrogens with zero attached hydrogens (tertiary/aromatic N) is 1. The van der Waals surface area contributed by atoms with E-state index in [1.807, 2.05) is 0 Å². The third kappa shape index (κ3) is 5.54. The number of hydrogen-bond acceptors (Lipinski definition) is 4. The first-order valence-electron chi connectivity index (χ1n) is 5.47. The zero-order valence-corrected chi connectivity index (χ0v) is 12.5. The second-order valence-corrected chi connectivity index (χ2v) is 6.95. The first-order chi connectivity index (χ1) is 8.61. The van der Waals surface area contributed by atoms with Gasteiger partial charge >= 0.3 is 0 Å². The Labute approximate surface area is 117 Å². The second kappa shape index (κ2) is 5.85. The molecule has 1 amide bonds. The van der Waals surface area contributed by atoms with E-state index in [1.54, 1.807) is 13.8 Å². The van der Waals surface area contributed by atoms with Crippen LogP contribution in [0.5, 0.6) is 0 Å². The Morgan fingerprint density at radius 2 is 2.11 bits per heavy atom. The van der Waals surface area contributed by atoms with Crippen LogP contribution in [0.3, 0.4) is 0 Å². The SMILES string of the molecule is CC(C)(CNC(=O)c1ccncc1Cl)NS(C)(=O)=O. The Bertz CT molecular complexity index is 572. The van der Waals surface area contributed by atoms with Crippen LogP contribution in [-0.4, -0.2) is 37.6 Å². The minimum Gasteiger partial charge on any atom is -0.350 e. The normalized spacial score (nSPS) is 12.2. The van der Waals surface area contributed by atoms with E-state index >= 15 is 0 Å². The standard InChI is InChI=1S/C11H16ClN3O3S/c1-11(2,15-19(3,17)18)7-14-10(16)8-4-5-13-6-9(8)12/h4-6,15H,7H2,1-3H3,(H,14,16). The van der Waals surface area contributed by atoms with Gasteiger partial charge in [-0.25, -0.2) is 13.1 Å². The summed E-state index contributed by atoms with van der Waals surface area (Å²) in [7, 11) is -3.34. The number of carbonyl (C=O) groups excluding carboxylic acids is 1. The van der Waals surface area contributed by atoms with Gasteiger partial charge in [0.05, 0.1) is 16.8 Å². The molecule has 0 aliphatic heterocycles. The average molecular weight is 306 g/mol. The molecule has 106 valence electrons. The molecular formula is C11H16ClN3O3S. The number of sulfonamides is 1. The number of carbonyl (C=O) groups is 1. The fourth-order valence-corrected chi connectivity index (χ4v) is 2.77. The second-order valence-electron chi connectivity index (χ2n) is 4.80. The van der Waals surface area contributed by atoms with Gasteiger partial charge in [0, 0.05) is 24.5 Å². The van der Waals surface area contributed by atoms with E-state index in [2.05, 4.69) is 15.0 Å². The van der Waals surface area contributed by atoms with Crippen LogP contribution in [-0.2, 0) is 10.0 Å². The number of nitrogens with one attached hydrogen (secondary N) is 2. The van der Waals surface area contributed by atoms with Gasteiger partial charge in [0.2, 0.25) is 10.0 Å². The topological polar surface area (TPSA) is 88.2 Å². The van der Waals surface area contributed by atoms with Crippen molar-refractivity contribution in [3.8, 4) is 0 Å². The van der Waals surface area contributed by atoms with E-state index in [9.17, 15) is 13.2 Å². The summed E-state index contributed by atoms with van der Waals surface area (Å²) in [6.07, 6.45) is 3.90. The van der Waals surface area contributed by atoms with E-state index in [4.69, 9.17) is 11.6 Å². The largest absolute Gasteiger partial charge is 0.350 e. The van der Waals surface area contributed by atoms with Gasteiger partial charge in [0.25, 0.3) is 5.91 Å². The van der Waals surface area contributed by atoms with Crippen molar-refractivity contribution in [1.82, 2.24) is 15.0 Å². The molecule has 1 aromatic heterocycles. The van der Waals surface area contributed by atoms with Crippen molar-refractivity contribution in [1.29, 1.82) is 0 Å². The molecule has 0 atom stereocenters. The van der Waals surface area contributed by atoms with Gasteiger partial charge in [-0.2, -0.15) is 0 Å². The molecule has 2 N–H and O–H groups in total. The molecule has 0 saturated heterocycles. The molecule has 0 aliphatic carbocycles. The van der Waals surface area contributed by atoms with Crippen LogP contribution in [0.1, 0.15) is 24.2 Å². The summed E-state index contributed by atoms with van der Waals surface area (Å²) >= 11 is 5.84. The predicted molar refractivity (Wildman–Crippen MR) is 73.6 cm³/mol. The number of hydrogen-bond donors (Lipinski definition) is 2. The zero-order chi connectivity index (χ0) is 14.7. The summed E-state index contributed by atoms with van der Waals surface area (Å²) in [5.41, 5.74) is -0.491. The van der Waals surface area contributed by atoms with Crippen molar-refractivity contribution in [2.24, 2.45) is 0 Å². The lowest BCUT2D eigenvalue weighted by Gasteiger charge is -2.25. The van der Waals surface area contributed by atoms with Crippen LogP contribution in [0, 0.1) is 0 Å². The van der Waals surface area contributed by atoms with Crippen molar-refractivity contribution in [2.75, 3.05) is 12.8 Å². The molecule has 0 unspecified atom stereocenters. The Morgan fingerprint density at radius 3 is 2.63 bits per heavy atom. The molecule has 8 heteroatoms. The molecule has 0 aromatic carbocycles. The molecule has 19 heavy (non-hydrogen) atoms. The van der Waals surface area contributed by atoms with E-state index in [0.29, 0.717) is 5.56 Å². The first kappa shape index (κ1) is 15.9. The minimum absolute atomic E-state index is 0.136.